The lowest BCUT2D eigenvalue weighted by atomic mass is 10.1. The topological polar surface area (TPSA) is 98.9 Å². The van der Waals surface area contributed by atoms with Crippen molar-refractivity contribution < 1.29 is 22.7 Å². The second-order valence-corrected chi connectivity index (χ2v) is 9.71. The molecule has 3 rings (SSSR count). The molecular weight excluding hydrogens is 464 g/mol. The van der Waals surface area contributed by atoms with Crippen LogP contribution in [0.1, 0.15) is 49.9 Å². The summed E-state index contributed by atoms with van der Waals surface area (Å²) in [7, 11) is -4.24. The molecule has 186 valence electrons. The van der Waals surface area contributed by atoms with E-state index in [-0.39, 0.29) is 16.2 Å². The summed E-state index contributed by atoms with van der Waals surface area (Å²) in [6.07, 6.45) is 3.68. The number of nitrogens with zero attached hydrogens (tertiary/aromatic N) is 1. The van der Waals surface area contributed by atoms with Crippen molar-refractivity contribution in [2.45, 2.75) is 44.4 Å². The predicted octanol–water partition coefficient (Wildman–Crippen LogP) is 5.75. The molecule has 0 amide bonds. The normalized spacial score (nSPS) is 11.2. The molecule has 0 heterocycles. The molecule has 7 nitrogen and oxygen atoms in total. The lowest BCUT2D eigenvalue weighted by molar-refractivity contribution is 0.0734. The number of carbonyl (C=O) groups excluding carboxylic acids is 1. The summed E-state index contributed by atoms with van der Waals surface area (Å²) in [6.45, 7) is 5.51. The van der Waals surface area contributed by atoms with Gasteiger partial charge in [-0.2, -0.15) is 0 Å². The van der Waals surface area contributed by atoms with E-state index in [1.165, 1.54) is 6.07 Å². The minimum atomic E-state index is -4.24. The van der Waals surface area contributed by atoms with E-state index in [0.29, 0.717) is 30.3 Å². The molecule has 8 heteroatoms. The molecule has 3 aromatic carbocycles. The summed E-state index contributed by atoms with van der Waals surface area (Å²) in [6, 6.07) is 20.4. The minimum absolute atomic E-state index is 0.0753. The van der Waals surface area contributed by atoms with Gasteiger partial charge in [-0.25, -0.2) is 18.4 Å². The second kappa shape index (κ2) is 12.4. The SMILES string of the molecule is CCCCN(CCCC)c1cc(C(=O)Oc2ccccc2)cc(S(N)(=O)=O)c1Oc1ccccc1. The Hall–Kier alpha value is -3.36. The van der Waals surface area contributed by atoms with Crippen LogP contribution < -0.4 is 19.5 Å². The first-order valence-electron chi connectivity index (χ1n) is 11.8. The fraction of sp³-hybridized carbons (Fsp3) is 0.296. The molecule has 0 saturated heterocycles. The Labute approximate surface area is 207 Å². The van der Waals surface area contributed by atoms with E-state index in [4.69, 9.17) is 14.6 Å². The van der Waals surface area contributed by atoms with Gasteiger partial charge in [-0.3, -0.25) is 0 Å². The molecular formula is C27H32N2O5S. The van der Waals surface area contributed by atoms with Crippen LogP contribution in [-0.4, -0.2) is 27.5 Å². The highest BCUT2D eigenvalue weighted by Crippen LogP contribution is 2.40. The molecule has 0 unspecified atom stereocenters. The summed E-state index contributed by atoms with van der Waals surface area (Å²) in [5, 5.41) is 5.62. The summed E-state index contributed by atoms with van der Waals surface area (Å²) in [5.74, 6) is 0.237. The molecule has 2 N–H and O–H groups in total. The first kappa shape index (κ1) is 26.2. The van der Waals surface area contributed by atoms with E-state index < -0.39 is 16.0 Å². The van der Waals surface area contributed by atoms with Crippen LogP contribution in [-0.2, 0) is 10.0 Å². The van der Waals surface area contributed by atoms with Crippen LogP contribution in [0.25, 0.3) is 0 Å². The van der Waals surface area contributed by atoms with Crippen LogP contribution in [0.3, 0.4) is 0 Å². The molecule has 0 aliphatic rings. The van der Waals surface area contributed by atoms with Crippen LogP contribution >= 0.6 is 0 Å². The number of para-hydroxylation sites is 2. The number of benzene rings is 3. The number of sulfonamides is 1. The molecule has 3 aromatic rings. The number of hydrogen-bond acceptors (Lipinski definition) is 6. The standard InChI is InChI=1S/C27H32N2O5S/c1-3-5-17-29(18-6-4-2)24-19-21(27(30)34-23-15-11-8-12-16-23)20-25(35(28,31)32)26(24)33-22-13-9-7-10-14-22/h7-16,19-20H,3-6,17-18H2,1-2H3,(H2,28,31,32). The molecule has 0 aliphatic carbocycles. The van der Waals surface area contributed by atoms with E-state index in [1.54, 1.807) is 54.6 Å². The number of carbonyl (C=O) groups is 1. The molecule has 0 saturated carbocycles. The Balaban J connectivity index is 2.17. The monoisotopic (exact) mass is 496 g/mol. The van der Waals surface area contributed by atoms with Crippen molar-refractivity contribution in [3.8, 4) is 17.2 Å². The summed E-state index contributed by atoms with van der Waals surface area (Å²) in [5.41, 5.74) is 0.563. The van der Waals surface area contributed by atoms with Gasteiger partial charge in [-0.1, -0.05) is 63.1 Å². The van der Waals surface area contributed by atoms with Crippen LogP contribution in [0.4, 0.5) is 5.69 Å². The number of esters is 1. The van der Waals surface area contributed by atoms with Crippen molar-refractivity contribution in [1.82, 2.24) is 0 Å². The van der Waals surface area contributed by atoms with Crippen molar-refractivity contribution in [1.29, 1.82) is 0 Å². The van der Waals surface area contributed by atoms with Gasteiger partial charge in [0.15, 0.2) is 5.75 Å². The summed E-state index contributed by atoms with van der Waals surface area (Å²) < 4.78 is 37.0. The van der Waals surface area contributed by atoms with Crippen molar-refractivity contribution >= 4 is 21.7 Å². The Bertz CT molecular complexity index is 1210. The molecule has 35 heavy (non-hydrogen) atoms. The molecule has 0 spiro atoms. The van der Waals surface area contributed by atoms with Crippen LogP contribution in [0, 0.1) is 0 Å². The molecule has 0 radical (unpaired) electrons. The highest BCUT2D eigenvalue weighted by atomic mass is 32.2. The first-order chi connectivity index (χ1) is 16.8. The molecule has 0 atom stereocenters. The van der Waals surface area contributed by atoms with Crippen molar-refractivity contribution in [3.63, 3.8) is 0 Å². The van der Waals surface area contributed by atoms with Gasteiger partial charge in [0.1, 0.15) is 16.4 Å². The average molecular weight is 497 g/mol. The zero-order valence-corrected chi connectivity index (χ0v) is 21.0. The predicted molar refractivity (Wildman–Crippen MR) is 138 cm³/mol. The molecule has 0 aromatic heterocycles. The number of ether oxygens (including phenoxy) is 2. The van der Waals surface area contributed by atoms with Crippen LogP contribution in [0.15, 0.2) is 77.7 Å². The maximum Gasteiger partial charge on any atom is 0.343 e. The third kappa shape index (κ3) is 7.31. The Kier molecular flexibility index (Phi) is 9.28. The zero-order valence-electron chi connectivity index (χ0n) is 20.1. The van der Waals surface area contributed by atoms with Gasteiger partial charge >= 0.3 is 5.97 Å². The molecule has 0 bridgehead atoms. The molecule has 0 aliphatic heterocycles. The lowest BCUT2D eigenvalue weighted by Gasteiger charge is -2.28. The van der Waals surface area contributed by atoms with Crippen molar-refractivity contribution in [3.05, 3.63) is 78.4 Å². The first-order valence-corrected chi connectivity index (χ1v) is 13.3. The maximum atomic E-state index is 13.0. The summed E-state index contributed by atoms with van der Waals surface area (Å²) in [4.78, 5) is 14.8. The van der Waals surface area contributed by atoms with Crippen LogP contribution in [0.5, 0.6) is 17.2 Å². The van der Waals surface area contributed by atoms with Crippen molar-refractivity contribution in [2.24, 2.45) is 5.14 Å². The largest absolute Gasteiger partial charge is 0.454 e. The number of primary sulfonamides is 1. The van der Waals surface area contributed by atoms with Gasteiger partial charge in [0, 0.05) is 13.1 Å². The highest BCUT2D eigenvalue weighted by molar-refractivity contribution is 7.89. The van der Waals surface area contributed by atoms with Gasteiger partial charge in [-0.05, 0) is 49.2 Å². The second-order valence-electron chi connectivity index (χ2n) is 8.18. The van der Waals surface area contributed by atoms with Gasteiger partial charge in [0.2, 0.25) is 10.0 Å². The smallest absolute Gasteiger partial charge is 0.343 e. The Morgan fingerprint density at radius 3 is 1.91 bits per heavy atom. The third-order valence-corrected chi connectivity index (χ3v) is 6.31. The molecule has 0 fully saturated rings. The average Bonchev–Trinajstić information content (AvgIpc) is 2.85. The van der Waals surface area contributed by atoms with Crippen molar-refractivity contribution in [2.75, 3.05) is 18.0 Å². The van der Waals surface area contributed by atoms with E-state index in [2.05, 4.69) is 18.7 Å². The number of unbranched alkanes of at least 4 members (excludes halogenated alkanes) is 2. The number of rotatable bonds is 12. The Morgan fingerprint density at radius 2 is 1.40 bits per heavy atom. The third-order valence-electron chi connectivity index (χ3n) is 5.40. The number of anilines is 1. The van der Waals surface area contributed by atoms with E-state index in [0.717, 1.165) is 25.7 Å². The number of nitrogens with two attached hydrogens (primary N) is 1. The van der Waals surface area contributed by atoms with Gasteiger partial charge < -0.3 is 14.4 Å². The highest BCUT2D eigenvalue weighted by Gasteiger charge is 2.27. The van der Waals surface area contributed by atoms with E-state index >= 15 is 0 Å². The van der Waals surface area contributed by atoms with E-state index in [9.17, 15) is 13.2 Å². The lowest BCUT2D eigenvalue weighted by Crippen LogP contribution is -2.27. The summed E-state index contributed by atoms with van der Waals surface area (Å²) >= 11 is 0. The Morgan fingerprint density at radius 1 is 0.857 bits per heavy atom. The van der Waals surface area contributed by atoms with Crippen LogP contribution in [0.2, 0.25) is 0 Å². The zero-order chi connectivity index (χ0) is 25.3. The quantitative estimate of drug-likeness (QED) is 0.253. The fourth-order valence-electron chi connectivity index (χ4n) is 3.57. The van der Waals surface area contributed by atoms with Gasteiger partial charge in [-0.15, -0.1) is 0 Å². The number of hydrogen-bond donors (Lipinski definition) is 1. The maximum absolute atomic E-state index is 13.0. The van der Waals surface area contributed by atoms with Gasteiger partial charge in [0.05, 0.1) is 11.3 Å². The minimum Gasteiger partial charge on any atom is -0.454 e. The van der Waals surface area contributed by atoms with E-state index in [1.807, 2.05) is 12.1 Å². The fourth-order valence-corrected chi connectivity index (χ4v) is 4.26. The van der Waals surface area contributed by atoms with Gasteiger partial charge in [0.25, 0.3) is 0 Å².